The molecule has 0 aliphatic rings. The smallest absolute Gasteiger partial charge is 0.150 e. The summed E-state index contributed by atoms with van der Waals surface area (Å²) in [4.78, 5) is 0. The normalized spacial score (nSPS) is 13.8. The molecule has 0 amide bonds. The third-order valence-corrected chi connectivity index (χ3v) is 4.77. The summed E-state index contributed by atoms with van der Waals surface area (Å²) in [6.07, 6.45) is 1.27. The molecule has 1 unspecified atom stereocenters. The predicted octanol–water partition coefficient (Wildman–Crippen LogP) is 0.448. The van der Waals surface area contributed by atoms with E-state index in [0.29, 0.717) is 12.8 Å². The lowest BCUT2D eigenvalue weighted by atomic mass is 10.1. The zero-order valence-electron chi connectivity index (χ0n) is 11.2. The van der Waals surface area contributed by atoms with Crippen LogP contribution in [0.5, 0.6) is 0 Å². The quantitative estimate of drug-likeness (QED) is 0.556. The minimum Gasteiger partial charge on any atom is -0.271 e. The van der Waals surface area contributed by atoms with Gasteiger partial charge in [0.15, 0.2) is 0 Å². The number of aryl methyl sites for hydroxylation is 2. The zero-order chi connectivity index (χ0) is 13.8. The van der Waals surface area contributed by atoms with E-state index < -0.39 is 9.84 Å². The Labute approximate surface area is 108 Å². The van der Waals surface area contributed by atoms with E-state index in [1.54, 1.807) is 11.6 Å². The Kier molecular flexibility index (Phi) is 5.30. The van der Waals surface area contributed by atoms with Crippen molar-refractivity contribution in [3.05, 3.63) is 17.5 Å². The average molecular weight is 274 g/mol. The van der Waals surface area contributed by atoms with Crippen molar-refractivity contribution in [3.8, 4) is 0 Å². The maximum absolute atomic E-state index is 11.4. The van der Waals surface area contributed by atoms with Crippen LogP contribution in [-0.2, 0) is 16.9 Å². The molecule has 18 heavy (non-hydrogen) atoms. The second-order valence-corrected chi connectivity index (χ2v) is 6.90. The van der Waals surface area contributed by atoms with Crippen molar-refractivity contribution in [2.75, 3.05) is 11.5 Å². The fourth-order valence-electron chi connectivity index (χ4n) is 1.93. The van der Waals surface area contributed by atoms with Crippen LogP contribution in [0.3, 0.4) is 0 Å². The van der Waals surface area contributed by atoms with E-state index in [2.05, 4.69) is 10.5 Å². The molecule has 1 aromatic heterocycles. The van der Waals surface area contributed by atoms with Crippen molar-refractivity contribution in [3.63, 3.8) is 0 Å². The Hall–Kier alpha value is -0.920. The van der Waals surface area contributed by atoms with Gasteiger partial charge < -0.3 is 0 Å². The van der Waals surface area contributed by atoms with Crippen molar-refractivity contribution < 1.29 is 8.42 Å². The van der Waals surface area contributed by atoms with Crippen molar-refractivity contribution in [1.82, 2.24) is 15.2 Å². The van der Waals surface area contributed by atoms with Crippen LogP contribution in [0.1, 0.15) is 37.2 Å². The number of hydrogen-bond acceptors (Lipinski definition) is 5. The summed E-state index contributed by atoms with van der Waals surface area (Å²) < 4.78 is 24.6. The van der Waals surface area contributed by atoms with E-state index in [1.807, 2.05) is 20.0 Å². The number of aromatic nitrogens is 2. The van der Waals surface area contributed by atoms with Crippen molar-refractivity contribution in [1.29, 1.82) is 0 Å². The van der Waals surface area contributed by atoms with Crippen LogP contribution in [-0.4, -0.2) is 29.7 Å². The largest absolute Gasteiger partial charge is 0.271 e. The summed E-state index contributed by atoms with van der Waals surface area (Å²) in [6, 6.07) is 1.89. The minimum absolute atomic E-state index is 0.0664. The molecule has 7 heteroatoms. The molecule has 0 radical (unpaired) electrons. The molecule has 1 heterocycles. The Bertz CT molecular complexity index is 481. The molecule has 1 rings (SSSR count). The molecule has 0 aromatic carbocycles. The average Bonchev–Trinajstić information content (AvgIpc) is 2.64. The fraction of sp³-hybridized carbons (Fsp3) is 0.727. The van der Waals surface area contributed by atoms with Gasteiger partial charge in [-0.25, -0.2) is 8.42 Å². The van der Waals surface area contributed by atoms with Crippen LogP contribution in [0.2, 0.25) is 0 Å². The van der Waals surface area contributed by atoms with Gasteiger partial charge in [0.2, 0.25) is 0 Å². The number of hydrogen-bond donors (Lipinski definition) is 2. The second-order valence-electron chi connectivity index (χ2n) is 4.43. The lowest BCUT2D eigenvalue weighted by molar-refractivity contribution is 0.474. The van der Waals surface area contributed by atoms with Crippen molar-refractivity contribution in [2.24, 2.45) is 12.9 Å². The van der Waals surface area contributed by atoms with E-state index in [4.69, 9.17) is 5.84 Å². The Morgan fingerprint density at radius 3 is 2.67 bits per heavy atom. The monoisotopic (exact) mass is 274 g/mol. The molecule has 6 nitrogen and oxygen atoms in total. The van der Waals surface area contributed by atoms with Crippen LogP contribution < -0.4 is 11.3 Å². The van der Waals surface area contributed by atoms with E-state index in [9.17, 15) is 8.42 Å². The Balaban J connectivity index is 2.61. The van der Waals surface area contributed by atoms with E-state index in [1.165, 1.54) is 0 Å². The predicted molar refractivity (Wildman–Crippen MR) is 71.6 cm³/mol. The first-order valence-corrected chi connectivity index (χ1v) is 7.89. The summed E-state index contributed by atoms with van der Waals surface area (Å²) in [7, 11) is -1.04. The highest BCUT2D eigenvalue weighted by molar-refractivity contribution is 7.91. The molecule has 1 atom stereocenters. The summed E-state index contributed by atoms with van der Waals surface area (Å²) in [5.74, 6) is 5.92. The van der Waals surface area contributed by atoms with Crippen LogP contribution >= 0.6 is 0 Å². The van der Waals surface area contributed by atoms with Gasteiger partial charge in [-0.15, -0.1) is 0 Å². The molecule has 0 spiro atoms. The maximum atomic E-state index is 11.4. The molecule has 0 fully saturated rings. The molecular weight excluding hydrogens is 252 g/mol. The van der Waals surface area contributed by atoms with E-state index >= 15 is 0 Å². The van der Waals surface area contributed by atoms with Gasteiger partial charge in [-0.1, -0.05) is 6.92 Å². The standard InChI is InChI=1S/C11H22N4O2S/c1-4-18(16,17)7-5-6-10(13-12)11-8-9(2)14-15(11)3/h8,10,13H,4-7,12H2,1-3H3. The van der Waals surface area contributed by atoms with Gasteiger partial charge in [0.25, 0.3) is 0 Å². The Morgan fingerprint density at radius 2 is 2.22 bits per heavy atom. The van der Waals surface area contributed by atoms with Gasteiger partial charge >= 0.3 is 0 Å². The summed E-state index contributed by atoms with van der Waals surface area (Å²) >= 11 is 0. The number of nitrogens with two attached hydrogens (primary N) is 1. The summed E-state index contributed by atoms with van der Waals surface area (Å²) in [5, 5.41) is 4.26. The zero-order valence-corrected chi connectivity index (χ0v) is 12.0. The number of hydrazine groups is 1. The Morgan fingerprint density at radius 1 is 1.56 bits per heavy atom. The number of nitrogens with zero attached hydrogens (tertiary/aromatic N) is 2. The van der Waals surface area contributed by atoms with Gasteiger partial charge in [-0.05, 0) is 25.8 Å². The molecule has 104 valence electrons. The SMILES string of the molecule is CCS(=O)(=O)CCCC(NN)c1cc(C)nn1C. The van der Waals surface area contributed by atoms with Gasteiger partial charge in [0, 0.05) is 12.8 Å². The second kappa shape index (κ2) is 6.31. The molecular formula is C11H22N4O2S. The first-order chi connectivity index (χ1) is 8.39. The number of sulfone groups is 1. The first-order valence-electron chi connectivity index (χ1n) is 6.06. The number of nitrogens with one attached hydrogen (secondary N) is 1. The van der Waals surface area contributed by atoms with Gasteiger partial charge in [-0.2, -0.15) is 5.10 Å². The first kappa shape index (κ1) is 15.1. The molecule has 1 aromatic rings. The molecule has 0 bridgehead atoms. The molecule has 0 aliphatic carbocycles. The van der Waals surface area contributed by atoms with Crippen LogP contribution in [0.15, 0.2) is 6.07 Å². The lowest BCUT2D eigenvalue weighted by Gasteiger charge is -2.15. The minimum atomic E-state index is -2.90. The van der Waals surface area contributed by atoms with Crippen molar-refractivity contribution >= 4 is 9.84 Å². The maximum Gasteiger partial charge on any atom is 0.150 e. The van der Waals surface area contributed by atoms with E-state index in [0.717, 1.165) is 11.4 Å². The fourth-order valence-corrected chi connectivity index (χ4v) is 2.82. The number of rotatable bonds is 7. The van der Waals surface area contributed by atoms with Gasteiger partial charge in [0.1, 0.15) is 9.84 Å². The molecule has 0 saturated carbocycles. The highest BCUT2D eigenvalue weighted by atomic mass is 32.2. The summed E-state index contributed by atoms with van der Waals surface area (Å²) in [5.41, 5.74) is 4.62. The van der Waals surface area contributed by atoms with E-state index in [-0.39, 0.29) is 17.5 Å². The van der Waals surface area contributed by atoms with Crippen LogP contribution in [0.25, 0.3) is 0 Å². The summed E-state index contributed by atoms with van der Waals surface area (Å²) in [6.45, 7) is 3.58. The van der Waals surface area contributed by atoms with Gasteiger partial charge in [0.05, 0.1) is 23.2 Å². The van der Waals surface area contributed by atoms with Crippen molar-refractivity contribution in [2.45, 2.75) is 32.7 Å². The third-order valence-electron chi connectivity index (χ3n) is 2.98. The van der Waals surface area contributed by atoms with Crippen LogP contribution in [0, 0.1) is 6.92 Å². The van der Waals surface area contributed by atoms with Gasteiger partial charge in [-0.3, -0.25) is 16.0 Å². The lowest BCUT2D eigenvalue weighted by Crippen LogP contribution is -2.30. The molecule has 3 N–H and O–H groups in total. The highest BCUT2D eigenvalue weighted by Gasteiger charge is 2.16. The topological polar surface area (TPSA) is 90.0 Å². The molecule has 0 saturated heterocycles. The third kappa shape index (κ3) is 4.08. The van der Waals surface area contributed by atoms with Crippen LogP contribution in [0.4, 0.5) is 0 Å². The molecule has 0 aliphatic heterocycles. The highest BCUT2D eigenvalue weighted by Crippen LogP contribution is 2.18.